The second-order valence-corrected chi connectivity index (χ2v) is 6.08. The van der Waals surface area contributed by atoms with Crippen molar-refractivity contribution in [2.45, 2.75) is 56.4 Å². The van der Waals surface area contributed by atoms with Crippen molar-refractivity contribution in [2.24, 2.45) is 0 Å². The van der Waals surface area contributed by atoms with Crippen LogP contribution in [0.25, 0.3) is 0 Å². The molecule has 26 heavy (non-hydrogen) atoms. The van der Waals surface area contributed by atoms with Gasteiger partial charge in [-0.25, -0.2) is 4.79 Å². The van der Waals surface area contributed by atoms with E-state index < -0.39 is 57.8 Å². The number of carbonyl (C=O) groups excluding carboxylic acids is 5. The molecule has 11 nitrogen and oxygen atoms in total. The molecule has 0 saturated carbocycles. The molecule has 1 rings (SSSR count). The van der Waals surface area contributed by atoms with Gasteiger partial charge in [-0.2, -0.15) is 0 Å². The van der Waals surface area contributed by atoms with Crippen LogP contribution in [0.1, 0.15) is 27.7 Å². The van der Waals surface area contributed by atoms with Crippen LogP contribution >= 0.6 is 0 Å². The second-order valence-electron chi connectivity index (χ2n) is 6.08. The molecule has 1 aliphatic rings. The second kappa shape index (κ2) is 6.28. The SMILES string of the molecule is COC(=O)[C@H]1O[C@](O)(C(C)=O)[C@@](O)(C(C)=O)[C@](O)(C(C)=O)[C@@]1(O)C(C)=O. The van der Waals surface area contributed by atoms with Crippen LogP contribution in [0.4, 0.5) is 0 Å². The number of aliphatic hydroxyl groups is 4. The summed E-state index contributed by atoms with van der Waals surface area (Å²) in [6.45, 7) is 2.40. The van der Waals surface area contributed by atoms with Crippen LogP contribution < -0.4 is 0 Å². The first-order chi connectivity index (χ1) is 11.6. The monoisotopic (exact) mass is 376 g/mol. The highest BCUT2D eigenvalue weighted by atomic mass is 16.7. The van der Waals surface area contributed by atoms with Gasteiger partial charge in [0.1, 0.15) is 0 Å². The Balaban J connectivity index is 4.14. The maximum absolute atomic E-state index is 12.2. The number of Topliss-reactive ketones (excluding diaryl/α,β-unsaturated/α-hetero) is 4. The molecule has 1 fully saturated rings. The number of esters is 1. The minimum atomic E-state index is -3.82. The van der Waals surface area contributed by atoms with Gasteiger partial charge in [0, 0.05) is 6.92 Å². The van der Waals surface area contributed by atoms with E-state index in [1.54, 1.807) is 0 Å². The minimum absolute atomic E-state index is 0.571. The average Bonchev–Trinajstić information content (AvgIpc) is 2.54. The highest BCUT2D eigenvalue weighted by Crippen LogP contribution is 2.50. The predicted octanol–water partition coefficient (Wildman–Crippen LogP) is -3.20. The first kappa shape index (κ1) is 22.0. The molecule has 0 unspecified atom stereocenters. The van der Waals surface area contributed by atoms with E-state index in [4.69, 9.17) is 4.74 Å². The van der Waals surface area contributed by atoms with E-state index in [2.05, 4.69) is 4.74 Å². The molecule has 0 radical (unpaired) electrons. The number of ether oxygens (including phenoxy) is 2. The molecule has 1 saturated heterocycles. The lowest BCUT2D eigenvalue weighted by molar-refractivity contribution is -0.383. The third-order valence-corrected chi connectivity index (χ3v) is 4.68. The molecule has 0 bridgehead atoms. The molecule has 146 valence electrons. The molecular weight excluding hydrogens is 356 g/mol. The van der Waals surface area contributed by atoms with Crippen LogP contribution in [0.15, 0.2) is 0 Å². The van der Waals surface area contributed by atoms with Gasteiger partial charge in [-0.05, 0) is 20.8 Å². The van der Waals surface area contributed by atoms with E-state index in [0.717, 1.165) is 7.11 Å². The topological polar surface area (TPSA) is 185 Å². The highest BCUT2D eigenvalue weighted by Gasteiger charge is 2.85. The van der Waals surface area contributed by atoms with Crippen LogP contribution in [0.2, 0.25) is 0 Å². The molecule has 1 aliphatic heterocycles. The zero-order valence-electron chi connectivity index (χ0n) is 14.7. The molecule has 0 aromatic carbocycles. The lowest BCUT2D eigenvalue weighted by Gasteiger charge is -2.59. The molecular formula is C15H20O11. The average molecular weight is 376 g/mol. The fraction of sp³-hybridized carbons (Fsp3) is 0.667. The van der Waals surface area contributed by atoms with Gasteiger partial charge in [0.05, 0.1) is 7.11 Å². The smallest absolute Gasteiger partial charge is 0.338 e. The summed E-state index contributed by atoms with van der Waals surface area (Å²) in [4.78, 5) is 60.4. The molecule has 0 spiro atoms. The zero-order valence-corrected chi connectivity index (χ0v) is 14.7. The summed E-state index contributed by atoms with van der Waals surface area (Å²) in [7, 11) is 0.789. The number of ketones is 4. The summed E-state index contributed by atoms with van der Waals surface area (Å²) < 4.78 is 9.09. The highest BCUT2D eigenvalue weighted by molar-refractivity contribution is 6.10. The standard InChI is InChI=1S/C15H20O11/c1-6(16)12(21)10(11(20)25-5)26-15(24,9(4)19)14(23,8(3)18)13(12,22)7(2)17/h10,21-24H,1-5H3/t10-,12-,13+,14-,15-/m1/s1. The summed E-state index contributed by atoms with van der Waals surface area (Å²) in [5.74, 6) is -11.4. The van der Waals surface area contributed by atoms with E-state index in [0.29, 0.717) is 27.7 Å². The minimum Gasteiger partial charge on any atom is -0.467 e. The van der Waals surface area contributed by atoms with E-state index in [-0.39, 0.29) is 0 Å². The van der Waals surface area contributed by atoms with Crippen molar-refractivity contribution >= 4 is 29.1 Å². The summed E-state index contributed by atoms with van der Waals surface area (Å²) >= 11 is 0. The molecule has 11 heteroatoms. The quantitative estimate of drug-likeness (QED) is 0.354. The lowest BCUT2D eigenvalue weighted by atomic mass is 9.57. The van der Waals surface area contributed by atoms with Gasteiger partial charge < -0.3 is 29.9 Å². The van der Waals surface area contributed by atoms with Gasteiger partial charge in [-0.15, -0.1) is 0 Å². The fourth-order valence-corrected chi connectivity index (χ4v) is 3.17. The van der Waals surface area contributed by atoms with Crippen LogP contribution in [0.3, 0.4) is 0 Å². The third-order valence-electron chi connectivity index (χ3n) is 4.68. The number of hydrogen-bond donors (Lipinski definition) is 4. The first-order valence-electron chi connectivity index (χ1n) is 7.29. The first-order valence-corrected chi connectivity index (χ1v) is 7.29. The Morgan fingerprint density at radius 2 is 1.19 bits per heavy atom. The Kier molecular flexibility index (Phi) is 5.31. The Hall–Kier alpha value is -2.05. The van der Waals surface area contributed by atoms with Crippen LogP contribution in [-0.4, -0.2) is 85.3 Å². The van der Waals surface area contributed by atoms with Crippen molar-refractivity contribution < 1.29 is 53.9 Å². The van der Waals surface area contributed by atoms with E-state index >= 15 is 0 Å². The third kappa shape index (κ3) is 2.21. The Morgan fingerprint density at radius 3 is 1.46 bits per heavy atom. The molecule has 0 amide bonds. The lowest BCUT2D eigenvalue weighted by Crippen LogP contribution is -2.91. The van der Waals surface area contributed by atoms with Crippen LogP contribution in [0, 0.1) is 0 Å². The molecule has 4 N–H and O–H groups in total. The van der Waals surface area contributed by atoms with Crippen molar-refractivity contribution in [2.75, 3.05) is 7.11 Å². The Morgan fingerprint density at radius 1 is 0.769 bits per heavy atom. The van der Waals surface area contributed by atoms with Crippen molar-refractivity contribution in [1.29, 1.82) is 0 Å². The number of carbonyl (C=O) groups is 5. The number of methoxy groups -OCH3 is 1. The summed E-state index contributed by atoms with van der Waals surface area (Å²) in [5.41, 5.74) is -11.2. The normalized spacial score (nSPS) is 39.8. The van der Waals surface area contributed by atoms with Crippen molar-refractivity contribution in [3.8, 4) is 0 Å². The van der Waals surface area contributed by atoms with Crippen LogP contribution in [0.5, 0.6) is 0 Å². The van der Waals surface area contributed by atoms with Gasteiger partial charge in [-0.1, -0.05) is 0 Å². The number of rotatable bonds is 5. The Labute approximate surface area is 147 Å². The van der Waals surface area contributed by atoms with Crippen LogP contribution in [-0.2, 0) is 33.4 Å². The summed E-state index contributed by atoms with van der Waals surface area (Å²) in [6.07, 6.45) is -2.62. The molecule has 0 aromatic rings. The van der Waals surface area contributed by atoms with Crippen molar-refractivity contribution in [3.05, 3.63) is 0 Å². The number of hydrogen-bond acceptors (Lipinski definition) is 11. The maximum Gasteiger partial charge on any atom is 0.338 e. The zero-order chi connectivity index (χ0) is 20.9. The maximum atomic E-state index is 12.2. The van der Waals surface area contributed by atoms with Gasteiger partial charge >= 0.3 is 5.97 Å². The molecule has 5 atom stereocenters. The van der Waals surface area contributed by atoms with Gasteiger partial charge in [0.25, 0.3) is 5.79 Å². The van der Waals surface area contributed by atoms with Crippen molar-refractivity contribution in [1.82, 2.24) is 0 Å². The van der Waals surface area contributed by atoms with E-state index in [9.17, 15) is 44.4 Å². The largest absolute Gasteiger partial charge is 0.467 e. The van der Waals surface area contributed by atoms with Gasteiger partial charge in [0.15, 0.2) is 34.8 Å². The van der Waals surface area contributed by atoms with Gasteiger partial charge in [-0.3, -0.25) is 19.2 Å². The molecule has 0 aliphatic carbocycles. The molecule has 1 heterocycles. The van der Waals surface area contributed by atoms with Gasteiger partial charge in [0.2, 0.25) is 11.2 Å². The Bertz CT molecular complexity index is 700. The summed E-state index contributed by atoms with van der Waals surface area (Å²) in [6, 6.07) is 0. The van der Waals surface area contributed by atoms with Crippen molar-refractivity contribution in [3.63, 3.8) is 0 Å². The summed E-state index contributed by atoms with van der Waals surface area (Å²) in [5, 5.41) is 43.1. The van der Waals surface area contributed by atoms with E-state index in [1.165, 1.54) is 0 Å². The molecule has 0 aromatic heterocycles. The fourth-order valence-electron chi connectivity index (χ4n) is 3.17. The van der Waals surface area contributed by atoms with E-state index in [1.807, 2.05) is 0 Å². The predicted molar refractivity (Wildman–Crippen MR) is 79.4 cm³/mol.